The first kappa shape index (κ1) is 18.7. The molecule has 148 valence electrons. The van der Waals surface area contributed by atoms with Crippen molar-refractivity contribution < 1.29 is 14.3 Å². The van der Waals surface area contributed by atoms with Crippen molar-refractivity contribution in [2.24, 2.45) is 5.73 Å². The highest BCUT2D eigenvalue weighted by Crippen LogP contribution is 2.33. The summed E-state index contributed by atoms with van der Waals surface area (Å²) in [4.78, 5) is 45.3. The van der Waals surface area contributed by atoms with Gasteiger partial charge in [-0.3, -0.25) is 14.4 Å². The number of carbonyl (C=O) groups is 2. The Bertz CT molecular complexity index is 1140. The average Bonchev–Trinajstić information content (AvgIpc) is 2.73. The Hall–Kier alpha value is -3.68. The molecule has 0 spiro atoms. The van der Waals surface area contributed by atoms with Crippen LogP contribution in [0.15, 0.2) is 53.3 Å². The molecule has 29 heavy (non-hydrogen) atoms. The molecular formula is C21H20N4O4. The van der Waals surface area contributed by atoms with Gasteiger partial charge in [0.1, 0.15) is 11.6 Å². The van der Waals surface area contributed by atoms with Crippen molar-refractivity contribution in [1.29, 1.82) is 0 Å². The number of nitrogens with zero attached hydrogens (tertiary/aromatic N) is 2. The number of nitrogens with one attached hydrogen (secondary N) is 1. The predicted molar refractivity (Wildman–Crippen MR) is 108 cm³/mol. The normalized spacial score (nSPS) is 15.6. The van der Waals surface area contributed by atoms with E-state index >= 15 is 0 Å². The van der Waals surface area contributed by atoms with Gasteiger partial charge in [-0.05, 0) is 30.7 Å². The van der Waals surface area contributed by atoms with Gasteiger partial charge in [-0.1, -0.05) is 24.3 Å². The van der Waals surface area contributed by atoms with Crippen molar-refractivity contribution in [3.05, 3.63) is 64.7 Å². The minimum atomic E-state index is -0.882. The summed E-state index contributed by atoms with van der Waals surface area (Å²) in [5.74, 6) is 0.237. The Morgan fingerprint density at radius 2 is 1.93 bits per heavy atom. The number of nitrogens with two attached hydrogens (primary N) is 1. The largest absolute Gasteiger partial charge is 0.477 e. The number of fused-ring (bicyclic) bond motifs is 2. The Labute approximate surface area is 166 Å². The van der Waals surface area contributed by atoms with Crippen LogP contribution in [-0.4, -0.2) is 34.4 Å². The van der Waals surface area contributed by atoms with Gasteiger partial charge in [0, 0.05) is 12.8 Å². The zero-order chi connectivity index (χ0) is 20.4. The maximum atomic E-state index is 12.8. The molecular weight excluding hydrogens is 372 g/mol. The molecule has 0 fully saturated rings. The second-order valence-electron chi connectivity index (χ2n) is 6.86. The van der Waals surface area contributed by atoms with Crippen LogP contribution in [0.2, 0.25) is 0 Å². The average molecular weight is 392 g/mol. The first-order valence-corrected chi connectivity index (χ1v) is 9.36. The van der Waals surface area contributed by atoms with Crippen LogP contribution in [0.5, 0.6) is 5.75 Å². The number of rotatable bonds is 5. The lowest BCUT2D eigenvalue weighted by Crippen LogP contribution is -2.49. The number of amides is 2. The monoisotopic (exact) mass is 392 g/mol. The molecule has 8 heteroatoms. The van der Waals surface area contributed by atoms with Crippen molar-refractivity contribution >= 4 is 28.4 Å². The van der Waals surface area contributed by atoms with Crippen LogP contribution in [0.3, 0.4) is 0 Å². The lowest BCUT2D eigenvalue weighted by molar-refractivity contribution is -0.125. The Morgan fingerprint density at radius 3 is 2.76 bits per heavy atom. The standard InChI is InChI=1S/C21H20N4O4/c22-20(27)17-12-25(15-8-3-4-9-16(15)29-17)19(26)11-5-10-18-23-14-7-2-1-6-13(14)21(28)24-18/h1-4,6-9,17H,5,10-12H2,(H2,22,27)(H,23,24,28)/t17-/m1/s1. The van der Waals surface area contributed by atoms with Gasteiger partial charge in [0.05, 0.1) is 23.1 Å². The topological polar surface area (TPSA) is 118 Å². The zero-order valence-electron chi connectivity index (χ0n) is 15.6. The molecule has 0 unspecified atom stereocenters. The van der Waals surface area contributed by atoms with E-state index in [0.29, 0.717) is 41.0 Å². The quantitative estimate of drug-likeness (QED) is 0.683. The first-order valence-electron chi connectivity index (χ1n) is 9.36. The molecule has 4 rings (SSSR count). The molecule has 2 heterocycles. The number of anilines is 1. The molecule has 0 saturated carbocycles. The van der Waals surface area contributed by atoms with E-state index in [4.69, 9.17) is 10.5 Å². The van der Waals surface area contributed by atoms with Gasteiger partial charge >= 0.3 is 0 Å². The zero-order valence-corrected chi connectivity index (χ0v) is 15.6. The lowest BCUT2D eigenvalue weighted by Gasteiger charge is -2.33. The fraction of sp³-hybridized carbons (Fsp3) is 0.238. The predicted octanol–water partition coefficient (Wildman–Crippen LogP) is 1.53. The van der Waals surface area contributed by atoms with E-state index in [1.165, 1.54) is 4.90 Å². The highest BCUT2D eigenvalue weighted by atomic mass is 16.5. The van der Waals surface area contributed by atoms with Gasteiger partial charge in [-0.15, -0.1) is 0 Å². The molecule has 8 nitrogen and oxygen atoms in total. The molecule has 1 aliphatic heterocycles. The Morgan fingerprint density at radius 1 is 1.17 bits per heavy atom. The van der Waals surface area contributed by atoms with Gasteiger partial charge in [0.15, 0.2) is 6.10 Å². The van der Waals surface area contributed by atoms with E-state index < -0.39 is 12.0 Å². The van der Waals surface area contributed by atoms with E-state index in [-0.39, 0.29) is 24.4 Å². The SMILES string of the molecule is NC(=O)[C@H]1CN(C(=O)CCCc2nc3ccccc3c(=O)[nH]2)c2ccccc2O1. The number of carbonyl (C=O) groups excluding carboxylic acids is 2. The number of aryl methyl sites for hydroxylation is 1. The fourth-order valence-corrected chi connectivity index (χ4v) is 3.41. The highest BCUT2D eigenvalue weighted by Gasteiger charge is 2.32. The number of hydrogen-bond donors (Lipinski definition) is 2. The van der Waals surface area contributed by atoms with E-state index in [0.717, 1.165) is 0 Å². The Kier molecular flexibility index (Phi) is 4.99. The molecule has 1 aromatic heterocycles. The van der Waals surface area contributed by atoms with Crippen LogP contribution in [0, 0.1) is 0 Å². The smallest absolute Gasteiger partial charge is 0.260 e. The summed E-state index contributed by atoms with van der Waals surface area (Å²) in [6.45, 7) is 0.0796. The van der Waals surface area contributed by atoms with Crippen molar-refractivity contribution in [1.82, 2.24) is 9.97 Å². The minimum absolute atomic E-state index is 0.0796. The molecule has 1 aliphatic rings. The molecule has 3 N–H and O–H groups in total. The molecule has 0 radical (unpaired) electrons. The first-order chi connectivity index (χ1) is 14.0. The fourth-order valence-electron chi connectivity index (χ4n) is 3.41. The van der Waals surface area contributed by atoms with Crippen molar-refractivity contribution in [3.63, 3.8) is 0 Å². The summed E-state index contributed by atoms with van der Waals surface area (Å²) < 4.78 is 5.58. The van der Waals surface area contributed by atoms with Crippen LogP contribution in [0.1, 0.15) is 18.7 Å². The van der Waals surface area contributed by atoms with E-state index in [2.05, 4.69) is 9.97 Å². The number of aromatic nitrogens is 2. The number of ether oxygens (including phenoxy) is 1. The maximum absolute atomic E-state index is 12.8. The third-order valence-corrected chi connectivity index (χ3v) is 4.86. The summed E-state index contributed by atoms with van der Waals surface area (Å²) >= 11 is 0. The summed E-state index contributed by atoms with van der Waals surface area (Å²) in [7, 11) is 0. The molecule has 3 aromatic rings. The molecule has 1 atom stereocenters. The highest BCUT2D eigenvalue weighted by molar-refractivity contribution is 5.97. The van der Waals surface area contributed by atoms with Crippen LogP contribution in [0.25, 0.3) is 10.9 Å². The Balaban J connectivity index is 1.46. The third kappa shape index (κ3) is 3.82. The van der Waals surface area contributed by atoms with Crippen molar-refractivity contribution in [2.75, 3.05) is 11.4 Å². The van der Waals surface area contributed by atoms with E-state index in [9.17, 15) is 14.4 Å². The number of hydrogen-bond acceptors (Lipinski definition) is 5. The molecule has 2 amide bonds. The van der Waals surface area contributed by atoms with Crippen LogP contribution >= 0.6 is 0 Å². The van der Waals surface area contributed by atoms with Crippen LogP contribution in [-0.2, 0) is 16.0 Å². The van der Waals surface area contributed by atoms with E-state index in [1.807, 2.05) is 6.07 Å². The summed E-state index contributed by atoms with van der Waals surface area (Å²) in [5.41, 5.74) is 6.43. The second-order valence-corrected chi connectivity index (χ2v) is 6.86. The van der Waals surface area contributed by atoms with Crippen molar-refractivity contribution in [3.8, 4) is 5.75 Å². The molecule has 2 aromatic carbocycles. The third-order valence-electron chi connectivity index (χ3n) is 4.86. The van der Waals surface area contributed by atoms with Gasteiger partial charge < -0.3 is 20.4 Å². The van der Waals surface area contributed by atoms with Gasteiger partial charge in [0.25, 0.3) is 11.5 Å². The van der Waals surface area contributed by atoms with Gasteiger partial charge in [0.2, 0.25) is 5.91 Å². The number of H-pyrrole nitrogens is 1. The van der Waals surface area contributed by atoms with Crippen LogP contribution < -0.4 is 20.9 Å². The molecule has 0 saturated heterocycles. The van der Waals surface area contributed by atoms with Crippen LogP contribution in [0.4, 0.5) is 5.69 Å². The van der Waals surface area contributed by atoms with Gasteiger partial charge in [-0.2, -0.15) is 0 Å². The van der Waals surface area contributed by atoms with Crippen molar-refractivity contribution in [2.45, 2.75) is 25.4 Å². The number of benzene rings is 2. The van der Waals surface area contributed by atoms with Gasteiger partial charge in [-0.25, -0.2) is 4.98 Å². The summed E-state index contributed by atoms with van der Waals surface area (Å²) in [6, 6.07) is 14.2. The summed E-state index contributed by atoms with van der Waals surface area (Å²) in [5, 5.41) is 0.537. The minimum Gasteiger partial charge on any atom is -0.477 e. The second kappa shape index (κ2) is 7.75. The maximum Gasteiger partial charge on any atom is 0.260 e. The lowest BCUT2D eigenvalue weighted by atomic mass is 10.1. The molecule has 0 aliphatic carbocycles. The number of aromatic amines is 1. The summed E-state index contributed by atoms with van der Waals surface area (Å²) in [6.07, 6.45) is 0.307. The number of primary amides is 1. The van der Waals surface area contributed by atoms with E-state index in [1.54, 1.807) is 42.5 Å². The number of para-hydroxylation sites is 3. The molecule has 0 bridgehead atoms.